The average molecular weight is 365 g/mol. The Balaban J connectivity index is 1.56. The van der Waals surface area contributed by atoms with E-state index < -0.39 is 0 Å². The number of fused-ring (bicyclic) bond motifs is 1. The van der Waals surface area contributed by atoms with E-state index >= 15 is 0 Å². The van der Waals surface area contributed by atoms with Crippen LogP contribution in [-0.4, -0.2) is 36.0 Å². The number of nitrogens with one attached hydrogen (secondary N) is 1. The van der Waals surface area contributed by atoms with Crippen LogP contribution >= 0.6 is 0 Å². The van der Waals surface area contributed by atoms with E-state index in [1.807, 2.05) is 24.3 Å². The number of methoxy groups -OCH3 is 1. The van der Waals surface area contributed by atoms with Gasteiger partial charge in [-0.05, 0) is 30.3 Å². The Morgan fingerprint density at radius 1 is 1.11 bits per heavy atom. The van der Waals surface area contributed by atoms with Crippen molar-refractivity contribution in [3.05, 3.63) is 54.2 Å². The topological polar surface area (TPSA) is 74.6 Å². The van der Waals surface area contributed by atoms with Gasteiger partial charge in [-0.25, -0.2) is 0 Å². The first-order valence-electron chi connectivity index (χ1n) is 8.53. The molecule has 138 valence electrons. The lowest BCUT2D eigenvalue weighted by molar-refractivity contribution is 0.102. The summed E-state index contributed by atoms with van der Waals surface area (Å²) in [4.78, 5) is 12.6. The summed E-state index contributed by atoms with van der Waals surface area (Å²) in [5.41, 5.74) is 2.69. The summed E-state index contributed by atoms with van der Waals surface area (Å²) in [6, 6.07) is 14.7. The largest absolute Gasteiger partial charge is 0.497 e. The third-order valence-electron chi connectivity index (χ3n) is 4.28. The molecule has 0 unspecified atom stereocenters. The number of hydrogen-bond acceptors (Lipinski definition) is 5. The van der Waals surface area contributed by atoms with Crippen molar-refractivity contribution in [2.75, 3.05) is 25.6 Å². The van der Waals surface area contributed by atoms with E-state index in [1.54, 1.807) is 43.1 Å². The molecule has 0 radical (unpaired) electrons. The molecule has 2 heterocycles. The second-order valence-electron chi connectivity index (χ2n) is 6.08. The normalized spacial score (nSPS) is 12.5. The zero-order valence-corrected chi connectivity index (χ0v) is 15.1. The van der Waals surface area contributed by atoms with E-state index in [1.165, 1.54) is 0 Å². The van der Waals surface area contributed by atoms with Gasteiger partial charge >= 0.3 is 0 Å². The Labute approximate surface area is 156 Å². The van der Waals surface area contributed by atoms with Crippen LogP contribution in [0.3, 0.4) is 0 Å². The Morgan fingerprint density at radius 3 is 2.74 bits per heavy atom. The maximum absolute atomic E-state index is 12.6. The molecule has 1 amide bonds. The molecule has 0 saturated carbocycles. The van der Waals surface area contributed by atoms with Gasteiger partial charge in [0.2, 0.25) is 0 Å². The van der Waals surface area contributed by atoms with Gasteiger partial charge in [0.25, 0.3) is 5.91 Å². The number of nitrogens with zero attached hydrogens (tertiary/aromatic N) is 2. The number of amides is 1. The summed E-state index contributed by atoms with van der Waals surface area (Å²) in [6.07, 6.45) is 0. The van der Waals surface area contributed by atoms with Gasteiger partial charge in [0.05, 0.1) is 12.8 Å². The van der Waals surface area contributed by atoms with E-state index in [2.05, 4.69) is 10.4 Å². The lowest BCUT2D eigenvalue weighted by atomic mass is 10.1. The first kappa shape index (κ1) is 17.0. The lowest BCUT2D eigenvalue weighted by Crippen LogP contribution is -2.16. The highest BCUT2D eigenvalue weighted by molar-refractivity contribution is 6.03. The lowest BCUT2D eigenvalue weighted by Gasteiger charge is -2.18. The van der Waals surface area contributed by atoms with Gasteiger partial charge in [-0.2, -0.15) is 5.10 Å². The summed E-state index contributed by atoms with van der Waals surface area (Å²) < 4.78 is 18.0. The predicted octanol–water partition coefficient (Wildman–Crippen LogP) is 3.12. The molecule has 27 heavy (non-hydrogen) atoms. The quantitative estimate of drug-likeness (QED) is 0.769. The Morgan fingerprint density at radius 2 is 1.93 bits per heavy atom. The summed E-state index contributed by atoms with van der Waals surface area (Å²) in [5.74, 6) is 1.75. The number of ether oxygens (including phenoxy) is 3. The number of rotatable bonds is 4. The number of anilines is 1. The molecule has 1 aliphatic heterocycles. The highest BCUT2D eigenvalue weighted by Gasteiger charge is 2.17. The van der Waals surface area contributed by atoms with Crippen molar-refractivity contribution in [2.24, 2.45) is 7.05 Å². The van der Waals surface area contributed by atoms with Gasteiger partial charge in [0.15, 0.2) is 17.2 Å². The van der Waals surface area contributed by atoms with Crippen molar-refractivity contribution in [2.45, 2.75) is 0 Å². The number of aromatic nitrogens is 2. The molecule has 0 bridgehead atoms. The molecule has 7 heteroatoms. The van der Waals surface area contributed by atoms with Crippen molar-refractivity contribution >= 4 is 11.6 Å². The smallest absolute Gasteiger partial charge is 0.276 e. The molecule has 0 atom stereocenters. The van der Waals surface area contributed by atoms with Crippen LogP contribution in [0, 0.1) is 0 Å². The average Bonchev–Trinajstić information content (AvgIpc) is 3.10. The van der Waals surface area contributed by atoms with Gasteiger partial charge in [-0.1, -0.05) is 12.1 Å². The van der Waals surface area contributed by atoms with E-state index in [-0.39, 0.29) is 5.91 Å². The second-order valence-corrected chi connectivity index (χ2v) is 6.08. The van der Waals surface area contributed by atoms with Crippen LogP contribution in [0.25, 0.3) is 11.3 Å². The number of hydrogen-bond donors (Lipinski definition) is 1. The van der Waals surface area contributed by atoms with E-state index in [9.17, 15) is 4.79 Å². The third kappa shape index (κ3) is 3.44. The second kappa shape index (κ2) is 7.03. The molecule has 1 N–H and O–H groups in total. The summed E-state index contributed by atoms with van der Waals surface area (Å²) in [7, 11) is 3.42. The van der Waals surface area contributed by atoms with Crippen molar-refractivity contribution in [3.8, 4) is 28.5 Å². The summed E-state index contributed by atoms with van der Waals surface area (Å²) in [6.45, 7) is 1.02. The van der Waals surface area contributed by atoms with Crippen LogP contribution < -0.4 is 19.5 Å². The fourth-order valence-corrected chi connectivity index (χ4v) is 2.95. The fourth-order valence-electron chi connectivity index (χ4n) is 2.95. The molecule has 7 nitrogen and oxygen atoms in total. The molecule has 0 fully saturated rings. The molecular weight excluding hydrogens is 346 g/mol. The van der Waals surface area contributed by atoms with Crippen molar-refractivity contribution in [1.29, 1.82) is 0 Å². The highest BCUT2D eigenvalue weighted by Crippen LogP contribution is 2.32. The zero-order chi connectivity index (χ0) is 18.8. The van der Waals surface area contributed by atoms with Crippen LogP contribution in [0.4, 0.5) is 5.69 Å². The van der Waals surface area contributed by atoms with Crippen LogP contribution in [-0.2, 0) is 7.05 Å². The van der Waals surface area contributed by atoms with Gasteiger partial charge in [0, 0.05) is 24.4 Å². The maximum atomic E-state index is 12.6. The minimum atomic E-state index is -0.295. The van der Waals surface area contributed by atoms with E-state index in [0.717, 1.165) is 17.0 Å². The predicted molar refractivity (Wildman–Crippen MR) is 101 cm³/mol. The molecule has 4 rings (SSSR count). The number of benzene rings is 2. The van der Waals surface area contributed by atoms with Gasteiger partial charge in [-0.15, -0.1) is 0 Å². The number of aryl methyl sites for hydroxylation is 1. The minimum absolute atomic E-state index is 0.295. The zero-order valence-electron chi connectivity index (χ0n) is 15.1. The molecule has 3 aromatic rings. The number of carbonyl (C=O) groups is 1. The first-order chi connectivity index (χ1) is 13.1. The molecule has 0 saturated heterocycles. The monoisotopic (exact) mass is 365 g/mol. The first-order valence-corrected chi connectivity index (χ1v) is 8.53. The molecule has 2 aromatic carbocycles. The molecular formula is C20H19N3O4. The van der Waals surface area contributed by atoms with Crippen molar-refractivity contribution in [1.82, 2.24) is 9.78 Å². The van der Waals surface area contributed by atoms with Gasteiger partial charge < -0.3 is 19.5 Å². The summed E-state index contributed by atoms with van der Waals surface area (Å²) in [5, 5.41) is 7.18. The summed E-state index contributed by atoms with van der Waals surface area (Å²) >= 11 is 0. The van der Waals surface area contributed by atoms with Crippen molar-refractivity contribution in [3.63, 3.8) is 0 Å². The van der Waals surface area contributed by atoms with Gasteiger partial charge in [0.1, 0.15) is 19.0 Å². The van der Waals surface area contributed by atoms with Crippen LogP contribution in [0.2, 0.25) is 0 Å². The maximum Gasteiger partial charge on any atom is 0.276 e. The third-order valence-corrected chi connectivity index (χ3v) is 4.28. The number of carbonyl (C=O) groups excluding carboxylic acids is 1. The van der Waals surface area contributed by atoms with Crippen LogP contribution in [0.5, 0.6) is 17.2 Å². The Hall–Kier alpha value is -3.48. The van der Waals surface area contributed by atoms with Gasteiger partial charge in [-0.3, -0.25) is 9.48 Å². The Bertz CT molecular complexity index is 997. The molecule has 0 spiro atoms. The van der Waals surface area contributed by atoms with E-state index in [4.69, 9.17) is 14.2 Å². The van der Waals surface area contributed by atoms with Crippen LogP contribution in [0.1, 0.15) is 10.5 Å². The molecule has 0 aliphatic carbocycles. The highest BCUT2D eigenvalue weighted by atomic mass is 16.6. The standard InChI is InChI=1S/C20H19N3O4/c1-23-17(13-4-3-5-15(10-13)25-2)12-16(22-23)20(24)21-14-6-7-18-19(11-14)27-9-8-26-18/h3-7,10-12H,8-9H2,1-2H3,(H,21,24). The van der Waals surface area contributed by atoms with E-state index in [0.29, 0.717) is 36.1 Å². The van der Waals surface area contributed by atoms with Crippen molar-refractivity contribution < 1.29 is 19.0 Å². The fraction of sp³-hybridized carbons (Fsp3) is 0.200. The molecule has 1 aliphatic rings. The SMILES string of the molecule is COc1cccc(-c2cc(C(=O)Nc3ccc4c(c3)OCCO4)nn2C)c1. The molecule has 1 aromatic heterocycles. The minimum Gasteiger partial charge on any atom is -0.497 e. The Kier molecular flexibility index (Phi) is 4.42. The van der Waals surface area contributed by atoms with Crippen LogP contribution in [0.15, 0.2) is 48.5 Å².